The fourth-order valence-corrected chi connectivity index (χ4v) is 4.57. The number of nitrogens with one attached hydrogen (secondary N) is 1. The molecule has 5 aromatic rings. The van der Waals surface area contributed by atoms with E-state index in [0.717, 1.165) is 45.9 Å². The number of rotatable bonds is 5. The fraction of sp³-hybridized carbons (Fsp3) is 0.214. The summed E-state index contributed by atoms with van der Waals surface area (Å²) in [6.07, 6.45) is 3.78. The van der Waals surface area contributed by atoms with Crippen molar-refractivity contribution < 1.29 is 4.79 Å². The smallest absolute Gasteiger partial charge is 0.293 e. The first-order valence-electron chi connectivity index (χ1n) is 11.8. The van der Waals surface area contributed by atoms with Crippen LogP contribution in [-0.4, -0.2) is 25.5 Å². The van der Waals surface area contributed by atoms with Gasteiger partial charge in [0.1, 0.15) is 12.1 Å². The van der Waals surface area contributed by atoms with Gasteiger partial charge in [-0.15, -0.1) is 0 Å². The maximum Gasteiger partial charge on any atom is 0.293 e. The van der Waals surface area contributed by atoms with Crippen LogP contribution in [0.4, 0.5) is 5.69 Å². The third kappa shape index (κ3) is 3.79. The fourth-order valence-electron chi connectivity index (χ4n) is 4.57. The lowest BCUT2D eigenvalue weighted by molar-refractivity contribution is -0.117. The Morgan fingerprint density at radius 3 is 2.60 bits per heavy atom. The number of carbonyl (C=O) groups excluding carboxylic acids is 1. The van der Waals surface area contributed by atoms with Gasteiger partial charge in [0.15, 0.2) is 0 Å². The molecule has 1 aliphatic rings. The molecule has 7 heteroatoms. The minimum atomic E-state index is -0.326. The lowest BCUT2D eigenvalue weighted by Crippen LogP contribution is -2.31. The van der Waals surface area contributed by atoms with Crippen LogP contribution in [0.3, 0.4) is 0 Å². The molecule has 3 aromatic carbocycles. The van der Waals surface area contributed by atoms with Gasteiger partial charge in [-0.1, -0.05) is 42.5 Å². The van der Waals surface area contributed by atoms with Crippen LogP contribution in [0, 0.1) is 13.8 Å². The quantitative estimate of drug-likeness (QED) is 0.403. The summed E-state index contributed by atoms with van der Waals surface area (Å²) in [5.74, 6) is -0.00261. The lowest BCUT2D eigenvalue weighted by atomic mass is 10.1. The molecule has 0 spiro atoms. The Morgan fingerprint density at radius 2 is 1.80 bits per heavy atom. The number of hydrogen-bond donors (Lipinski definition) is 1. The van der Waals surface area contributed by atoms with E-state index in [9.17, 15) is 9.59 Å². The van der Waals surface area contributed by atoms with Gasteiger partial charge in [-0.05, 0) is 61.4 Å². The number of aryl methyl sites for hydroxylation is 2. The van der Waals surface area contributed by atoms with E-state index in [0.29, 0.717) is 17.1 Å². The number of hydrogen-bond acceptors (Lipinski definition) is 4. The molecule has 2 aromatic heterocycles. The van der Waals surface area contributed by atoms with Crippen LogP contribution < -0.4 is 10.9 Å². The van der Waals surface area contributed by atoms with E-state index in [1.165, 1.54) is 10.2 Å². The summed E-state index contributed by atoms with van der Waals surface area (Å²) in [5.41, 5.74) is 4.80. The lowest BCUT2D eigenvalue weighted by Gasteiger charge is -2.12. The van der Waals surface area contributed by atoms with Crippen molar-refractivity contribution in [3.63, 3.8) is 0 Å². The average Bonchev–Trinajstić information content (AvgIpc) is 3.60. The molecule has 0 atom stereocenters. The van der Waals surface area contributed by atoms with Crippen LogP contribution in [0.1, 0.15) is 35.6 Å². The second-order valence-corrected chi connectivity index (χ2v) is 9.28. The standard InChI is InChI=1S/C28H25N5O2/c1-17-10-13-21(14-18(17)2)33-27-23(15-29-33)26(20-11-12-20)31-32(28(27)35)16-25(34)30-24-9-5-7-19-6-3-4-8-22(19)24/h3-10,13-15,20H,11-12,16H2,1-2H3,(H,30,34). The zero-order valence-corrected chi connectivity index (χ0v) is 19.7. The van der Waals surface area contributed by atoms with Gasteiger partial charge in [-0.2, -0.15) is 10.2 Å². The molecule has 0 saturated heterocycles. The highest BCUT2D eigenvalue weighted by molar-refractivity contribution is 6.02. The van der Waals surface area contributed by atoms with Gasteiger partial charge in [0, 0.05) is 22.4 Å². The van der Waals surface area contributed by atoms with E-state index in [-0.39, 0.29) is 18.0 Å². The van der Waals surface area contributed by atoms with Crippen LogP contribution in [0.5, 0.6) is 0 Å². The second-order valence-electron chi connectivity index (χ2n) is 9.28. The predicted molar refractivity (Wildman–Crippen MR) is 137 cm³/mol. The predicted octanol–water partition coefficient (Wildman–Crippen LogP) is 4.87. The summed E-state index contributed by atoms with van der Waals surface area (Å²) < 4.78 is 2.96. The van der Waals surface area contributed by atoms with Crippen molar-refractivity contribution >= 4 is 33.3 Å². The third-order valence-corrected chi connectivity index (χ3v) is 6.77. The van der Waals surface area contributed by atoms with Crippen molar-refractivity contribution in [3.8, 4) is 5.69 Å². The molecule has 1 saturated carbocycles. The topological polar surface area (TPSA) is 81.8 Å². The molecule has 174 valence electrons. The van der Waals surface area contributed by atoms with Crippen LogP contribution in [-0.2, 0) is 11.3 Å². The molecule has 1 aliphatic carbocycles. The highest BCUT2D eigenvalue weighted by Gasteiger charge is 2.30. The number of amides is 1. The van der Waals surface area contributed by atoms with Crippen LogP contribution in [0.25, 0.3) is 27.4 Å². The minimum absolute atomic E-state index is 0.171. The average molecular weight is 464 g/mol. The first kappa shape index (κ1) is 21.3. The number of aromatic nitrogens is 4. The molecule has 35 heavy (non-hydrogen) atoms. The van der Waals surface area contributed by atoms with Gasteiger partial charge in [0.25, 0.3) is 5.56 Å². The summed E-state index contributed by atoms with van der Waals surface area (Å²) in [6.45, 7) is 3.92. The minimum Gasteiger partial charge on any atom is -0.324 e. The van der Waals surface area contributed by atoms with Gasteiger partial charge < -0.3 is 5.32 Å². The molecule has 7 nitrogen and oxygen atoms in total. The molecule has 1 amide bonds. The summed E-state index contributed by atoms with van der Waals surface area (Å²) in [7, 11) is 0. The normalized spacial score (nSPS) is 13.4. The first-order valence-corrected chi connectivity index (χ1v) is 11.8. The molecule has 0 unspecified atom stereocenters. The number of anilines is 1. The van der Waals surface area contributed by atoms with Gasteiger partial charge >= 0.3 is 0 Å². The molecule has 2 heterocycles. The van der Waals surface area contributed by atoms with Crippen molar-refractivity contribution in [2.45, 2.75) is 39.2 Å². The second kappa shape index (κ2) is 8.20. The van der Waals surface area contributed by atoms with Gasteiger partial charge in [-0.3, -0.25) is 9.59 Å². The zero-order valence-electron chi connectivity index (χ0n) is 19.7. The van der Waals surface area contributed by atoms with Crippen LogP contribution >= 0.6 is 0 Å². The molecule has 0 aliphatic heterocycles. The zero-order chi connectivity index (χ0) is 24.1. The Kier molecular flexibility index (Phi) is 4.99. The van der Waals surface area contributed by atoms with Gasteiger partial charge in [0.05, 0.1) is 17.6 Å². The Balaban J connectivity index is 1.41. The third-order valence-electron chi connectivity index (χ3n) is 6.77. The van der Waals surface area contributed by atoms with E-state index in [4.69, 9.17) is 0 Å². The molecule has 0 radical (unpaired) electrons. The van der Waals surface area contributed by atoms with E-state index < -0.39 is 0 Å². The van der Waals surface area contributed by atoms with E-state index in [1.807, 2.05) is 67.6 Å². The molecule has 0 bridgehead atoms. The van der Waals surface area contributed by atoms with Crippen molar-refractivity contribution in [2.24, 2.45) is 0 Å². The molecule has 6 rings (SSSR count). The maximum atomic E-state index is 13.6. The molecular formula is C28H25N5O2. The monoisotopic (exact) mass is 463 g/mol. The number of fused-ring (bicyclic) bond motifs is 2. The first-order chi connectivity index (χ1) is 17.0. The molecule has 1 N–H and O–H groups in total. The Bertz CT molecular complexity index is 1670. The van der Waals surface area contributed by atoms with Crippen LogP contribution in [0.15, 0.2) is 71.7 Å². The molecular weight excluding hydrogens is 438 g/mol. The number of carbonyl (C=O) groups is 1. The summed E-state index contributed by atoms with van der Waals surface area (Å²) in [5, 5.41) is 14.9. The van der Waals surface area contributed by atoms with Crippen molar-refractivity contribution in [1.29, 1.82) is 0 Å². The largest absolute Gasteiger partial charge is 0.324 e. The SMILES string of the molecule is Cc1ccc(-n2ncc3c(C4CC4)nn(CC(=O)Nc4cccc5ccccc45)c(=O)c32)cc1C. The maximum absolute atomic E-state index is 13.6. The highest BCUT2D eigenvalue weighted by Crippen LogP contribution is 2.41. The van der Waals surface area contributed by atoms with E-state index >= 15 is 0 Å². The van der Waals surface area contributed by atoms with Crippen molar-refractivity contribution in [3.05, 3.63) is 94.0 Å². The Morgan fingerprint density at radius 1 is 1.00 bits per heavy atom. The Labute approximate surface area is 202 Å². The van der Waals surface area contributed by atoms with E-state index in [1.54, 1.807) is 10.9 Å². The molecule has 1 fully saturated rings. The Hall–Kier alpha value is -4.26. The van der Waals surface area contributed by atoms with Crippen molar-refractivity contribution in [2.75, 3.05) is 5.32 Å². The van der Waals surface area contributed by atoms with E-state index in [2.05, 4.69) is 22.4 Å². The van der Waals surface area contributed by atoms with Gasteiger partial charge in [-0.25, -0.2) is 9.36 Å². The van der Waals surface area contributed by atoms with Crippen LogP contribution in [0.2, 0.25) is 0 Å². The summed E-state index contributed by atoms with van der Waals surface area (Å²) in [4.78, 5) is 26.6. The number of nitrogens with zero attached hydrogens (tertiary/aromatic N) is 4. The summed E-state index contributed by atoms with van der Waals surface area (Å²) >= 11 is 0. The number of benzene rings is 3. The van der Waals surface area contributed by atoms with Gasteiger partial charge in [0.2, 0.25) is 5.91 Å². The highest BCUT2D eigenvalue weighted by atomic mass is 16.2. The summed E-state index contributed by atoms with van der Waals surface area (Å²) in [6, 6.07) is 19.6. The van der Waals surface area contributed by atoms with Crippen molar-refractivity contribution in [1.82, 2.24) is 19.6 Å².